The lowest BCUT2D eigenvalue weighted by atomic mass is 10.1. The number of allylic oxidation sites excluding steroid dienone is 14. The summed E-state index contributed by atoms with van der Waals surface area (Å²) in [5.41, 5.74) is 0. The summed E-state index contributed by atoms with van der Waals surface area (Å²) >= 11 is 0. The van der Waals surface area contributed by atoms with Crippen LogP contribution in [0, 0.1) is 0 Å². The highest BCUT2D eigenvalue weighted by atomic mass is 31.2. The number of hydrogen-bond donors (Lipinski definition) is 2. The second-order valence-corrected chi connectivity index (χ2v) is 20.2. The molecular weight excluding hydrogens is 928 g/mol. The van der Waals surface area contributed by atoms with Crippen LogP contribution in [0.4, 0.5) is 0 Å². The zero-order valence-electron chi connectivity index (χ0n) is 45.6. The summed E-state index contributed by atoms with van der Waals surface area (Å²) in [7, 11) is -4.76. The maximum atomic E-state index is 12.9. The standard InChI is InChI=1S/C60H103O11P/c1-4-7-10-13-16-19-22-25-26-27-28-29-30-33-34-37-40-43-46-49-58(62)67-53-57(71-60(64)51-48-45-42-39-36-32-24-21-18-15-12-9-6-3)55-69-72(65,66)68-54-56(52-61)70-59(63)50-47-44-41-38-35-31-23-20-17-14-11-8-5-2/h9,12,16,18-21,23,25-26,28-29,32,36,56-57,61H,4-8,10-11,13-15,17,22,24,27,30-31,33-35,37-55H2,1-3H3,(H,65,66)/b12-9-,19-16-,21-18-,23-20-,26-25-,29-28-,36-32-. The first-order valence-corrected chi connectivity index (χ1v) is 30.0. The van der Waals surface area contributed by atoms with E-state index in [1.165, 1.54) is 51.4 Å². The average molecular weight is 1030 g/mol. The van der Waals surface area contributed by atoms with Crippen molar-refractivity contribution in [3.05, 3.63) is 85.1 Å². The van der Waals surface area contributed by atoms with Crippen LogP contribution >= 0.6 is 7.82 Å². The van der Waals surface area contributed by atoms with Crippen molar-refractivity contribution in [2.75, 3.05) is 26.4 Å². The largest absolute Gasteiger partial charge is 0.472 e. The second-order valence-electron chi connectivity index (χ2n) is 18.7. The van der Waals surface area contributed by atoms with E-state index in [4.69, 9.17) is 23.3 Å². The summed E-state index contributed by atoms with van der Waals surface area (Å²) in [4.78, 5) is 48.5. The molecule has 72 heavy (non-hydrogen) atoms. The number of aliphatic hydroxyl groups excluding tert-OH is 1. The van der Waals surface area contributed by atoms with Gasteiger partial charge in [-0.3, -0.25) is 23.4 Å². The topological polar surface area (TPSA) is 155 Å². The van der Waals surface area contributed by atoms with Crippen molar-refractivity contribution in [3.63, 3.8) is 0 Å². The minimum atomic E-state index is -4.76. The van der Waals surface area contributed by atoms with E-state index >= 15 is 0 Å². The predicted molar refractivity (Wildman–Crippen MR) is 298 cm³/mol. The highest BCUT2D eigenvalue weighted by molar-refractivity contribution is 7.47. The Morgan fingerprint density at radius 2 is 0.722 bits per heavy atom. The molecule has 0 aliphatic carbocycles. The lowest BCUT2D eigenvalue weighted by Gasteiger charge is -2.21. The molecule has 0 saturated carbocycles. The summed E-state index contributed by atoms with van der Waals surface area (Å²) in [6.45, 7) is 4.42. The molecule has 11 nitrogen and oxygen atoms in total. The zero-order valence-corrected chi connectivity index (χ0v) is 46.5. The second kappa shape index (κ2) is 53.9. The molecule has 3 atom stereocenters. The normalized spacial score (nSPS) is 14.0. The molecule has 2 N–H and O–H groups in total. The first-order valence-electron chi connectivity index (χ1n) is 28.5. The Hall–Kier alpha value is -3.34. The van der Waals surface area contributed by atoms with E-state index in [1.807, 2.05) is 0 Å². The third kappa shape index (κ3) is 51.6. The number of esters is 3. The number of phosphoric ester groups is 1. The molecule has 414 valence electrons. The van der Waals surface area contributed by atoms with Gasteiger partial charge in [0.1, 0.15) is 12.7 Å². The molecule has 0 spiro atoms. The number of rotatable bonds is 52. The Balaban J connectivity index is 4.76. The SMILES string of the molecule is CC/C=C\C/C=C\C/C=C\CCCCCC(=O)OC(COC(=O)CCCCCCCC/C=C\C/C=C\C/C=C\CCCCC)COP(=O)(O)OCC(CO)OC(=O)CCCCCCC/C=C\CCCCCC. The summed E-state index contributed by atoms with van der Waals surface area (Å²) in [5, 5.41) is 9.80. The molecule has 12 heteroatoms. The number of unbranched alkanes of at least 4 members (excludes halogenated alkanes) is 21. The van der Waals surface area contributed by atoms with Gasteiger partial charge in [-0.25, -0.2) is 4.57 Å². The third-order valence-corrected chi connectivity index (χ3v) is 12.7. The molecule has 0 heterocycles. The van der Waals surface area contributed by atoms with Crippen molar-refractivity contribution < 1.29 is 52.2 Å². The Kier molecular flexibility index (Phi) is 51.4. The van der Waals surface area contributed by atoms with Gasteiger partial charge in [-0.1, -0.05) is 189 Å². The summed E-state index contributed by atoms with van der Waals surface area (Å²) in [5.74, 6) is -1.53. The number of phosphoric acid groups is 1. The number of carbonyl (C=O) groups is 3. The minimum Gasteiger partial charge on any atom is -0.462 e. The molecule has 0 rings (SSSR count). The van der Waals surface area contributed by atoms with Crippen LogP contribution in [-0.4, -0.2) is 66.5 Å². The fourth-order valence-electron chi connectivity index (χ4n) is 7.43. The van der Waals surface area contributed by atoms with Crippen molar-refractivity contribution >= 4 is 25.7 Å². The van der Waals surface area contributed by atoms with Gasteiger partial charge in [0.25, 0.3) is 0 Å². The van der Waals surface area contributed by atoms with Crippen LogP contribution < -0.4 is 0 Å². The number of carbonyl (C=O) groups excluding carboxylic acids is 3. The molecule has 3 unspecified atom stereocenters. The molecule has 0 aromatic rings. The lowest BCUT2D eigenvalue weighted by molar-refractivity contribution is -0.161. The van der Waals surface area contributed by atoms with E-state index in [2.05, 4.69) is 106 Å². The van der Waals surface area contributed by atoms with Crippen molar-refractivity contribution in [2.45, 2.75) is 251 Å². The lowest BCUT2D eigenvalue weighted by Crippen LogP contribution is -2.30. The van der Waals surface area contributed by atoms with Crippen LogP contribution in [0.3, 0.4) is 0 Å². The van der Waals surface area contributed by atoms with E-state index in [-0.39, 0.29) is 25.9 Å². The monoisotopic (exact) mass is 1030 g/mol. The van der Waals surface area contributed by atoms with Gasteiger partial charge in [0.2, 0.25) is 0 Å². The first-order chi connectivity index (χ1) is 35.2. The molecule has 0 fully saturated rings. The van der Waals surface area contributed by atoms with Gasteiger partial charge in [0.15, 0.2) is 6.10 Å². The molecular formula is C60H103O11P. The Morgan fingerprint density at radius 1 is 0.403 bits per heavy atom. The van der Waals surface area contributed by atoms with Crippen LogP contribution in [0.1, 0.15) is 239 Å². The van der Waals surface area contributed by atoms with E-state index in [9.17, 15) is 28.9 Å². The summed E-state index contributed by atoms with van der Waals surface area (Å²) < 4.78 is 39.4. The summed E-state index contributed by atoms with van der Waals surface area (Å²) in [6.07, 6.45) is 61.2. The molecule has 0 amide bonds. The van der Waals surface area contributed by atoms with E-state index < -0.39 is 57.8 Å². The fraction of sp³-hybridized carbons (Fsp3) is 0.717. The third-order valence-electron chi connectivity index (χ3n) is 11.8. The maximum Gasteiger partial charge on any atom is 0.472 e. The highest BCUT2D eigenvalue weighted by Crippen LogP contribution is 2.43. The van der Waals surface area contributed by atoms with Gasteiger partial charge in [-0.2, -0.15) is 0 Å². The highest BCUT2D eigenvalue weighted by Gasteiger charge is 2.28. The van der Waals surface area contributed by atoms with Crippen molar-refractivity contribution in [3.8, 4) is 0 Å². The number of hydrogen-bond acceptors (Lipinski definition) is 10. The van der Waals surface area contributed by atoms with Gasteiger partial charge in [0.05, 0.1) is 19.8 Å². The molecule has 0 aliphatic rings. The van der Waals surface area contributed by atoms with E-state index in [1.54, 1.807) is 0 Å². The smallest absolute Gasteiger partial charge is 0.462 e. The molecule has 0 aromatic heterocycles. The maximum absolute atomic E-state index is 12.9. The molecule has 0 radical (unpaired) electrons. The number of aliphatic hydroxyl groups is 1. The van der Waals surface area contributed by atoms with Gasteiger partial charge in [0, 0.05) is 19.3 Å². The molecule has 0 saturated heterocycles. The van der Waals surface area contributed by atoms with Crippen LogP contribution in [-0.2, 0) is 42.2 Å². The minimum absolute atomic E-state index is 0.126. The van der Waals surface area contributed by atoms with Gasteiger partial charge >= 0.3 is 25.7 Å². The van der Waals surface area contributed by atoms with Crippen LogP contribution in [0.2, 0.25) is 0 Å². The van der Waals surface area contributed by atoms with E-state index in [0.29, 0.717) is 19.3 Å². The van der Waals surface area contributed by atoms with Crippen LogP contribution in [0.5, 0.6) is 0 Å². The Bertz CT molecular complexity index is 1530. The van der Waals surface area contributed by atoms with Gasteiger partial charge in [-0.05, 0) is 116 Å². The van der Waals surface area contributed by atoms with Crippen LogP contribution in [0.25, 0.3) is 0 Å². The molecule has 0 bridgehead atoms. The fourth-order valence-corrected chi connectivity index (χ4v) is 8.21. The summed E-state index contributed by atoms with van der Waals surface area (Å²) in [6, 6.07) is 0. The quantitative estimate of drug-likeness (QED) is 0.0197. The van der Waals surface area contributed by atoms with Gasteiger partial charge < -0.3 is 24.2 Å². The van der Waals surface area contributed by atoms with Crippen molar-refractivity contribution in [1.82, 2.24) is 0 Å². The number of ether oxygens (including phenoxy) is 3. The Labute approximate surface area is 439 Å². The van der Waals surface area contributed by atoms with E-state index in [0.717, 1.165) is 128 Å². The van der Waals surface area contributed by atoms with Gasteiger partial charge in [-0.15, -0.1) is 0 Å². The van der Waals surface area contributed by atoms with Crippen molar-refractivity contribution in [2.24, 2.45) is 0 Å². The first kappa shape index (κ1) is 68.7. The average Bonchev–Trinajstić information content (AvgIpc) is 3.37. The van der Waals surface area contributed by atoms with Crippen LogP contribution in [0.15, 0.2) is 85.1 Å². The zero-order chi connectivity index (χ0) is 52.7. The predicted octanol–water partition coefficient (Wildman–Crippen LogP) is 16.7. The Morgan fingerprint density at radius 3 is 1.17 bits per heavy atom. The van der Waals surface area contributed by atoms with Crippen molar-refractivity contribution in [1.29, 1.82) is 0 Å². The molecule has 0 aromatic carbocycles. The molecule has 0 aliphatic heterocycles.